The highest BCUT2D eigenvalue weighted by Crippen LogP contribution is 2.15. The zero-order valence-electron chi connectivity index (χ0n) is 35.0. The number of amides is 1. The molecule has 0 aromatic rings. The number of aliphatic hydroxyl groups is 3. The van der Waals surface area contributed by atoms with Gasteiger partial charge in [-0.2, -0.15) is 0 Å². The van der Waals surface area contributed by atoms with Crippen molar-refractivity contribution < 1.29 is 20.1 Å². The quantitative estimate of drug-likeness (QED) is 0.0371. The maximum Gasteiger partial charge on any atom is 0.220 e. The third-order valence-corrected chi connectivity index (χ3v) is 10.8. The van der Waals surface area contributed by atoms with E-state index in [0.717, 1.165) is 38.5 Å². The first-order chi connectivity index (χ1) is 25.6. The summed E-state index contributed by atoms with van der Waals surface area (Å²) in [5.74, 6) is -0.155. The van der Waals surface area contributed by atoms with E-state index in [4.69, 9.17) is 0 Å². The number of rotatable bonds is 42. The van der Waals surface area contributed by atoms with E-state index in [0.29, 0.717) is 12.8 Å². The molecule has 3 atom stereocenters. The smallest absolute Gasteiger partial charge is 0.220 e. The minimum absolute atomic E-state index is 0.155. The van der Waals surface area contributed by atoms with Crippen molar-refractivity contribution >= 4 is 5.91 Å². The Labute approximate surface area is 324 Å². The van der Waals surface area contributed by atoms with Gasteiger partial charge >= 0.3 is 0 Å². The van der Waals surface area contributed by atoms with Gasteiger partial charge in [0.25, 0.3) is 0 Å². The van der Waals surface area contributed by atoms with E-state index in [2.05, 4.69) is 43.5 Å². The number of aliphatic hydroxyl groups excluding tert-OH is 3. The van der Waals surface area contributed by atoms with Crippen LogP contribution in [-0.2, 0) is 4.79 Å². The van der Waals surface area contributed by atoms with Crippen LogP contribution in [0.25, 0.3) is 0 Å². The zero-order chi connectivity index (χ0) is 38.0. The first-order valence-electron chi connectivity index (χ1n) is 23.1. The van der Waals surface area contributed by atoms with Crippen LogP contribution < -0.4 is 5.32 Å². The van der Waals surface area contributed by atoms with Crippen molar-refractivity contribution in [1.29, 1.82) is 0 Å². The van der Waals surface area contributed by atoms with Crippen molar-refractivity contribution in [2.75, 3.05) is 6.61 Å². The normalized spacial score (nSPS) is 13.7. The molecule has 0 fully saturated rings. The topological polar surface area (TPSA) is 89.8 Å². The van der Waals surface area contributed by atoms with E-state index in [1.807, 2.05) is 0 Å². The molecule has 0 aromatic carbocycles. The molecule has 4 N–H and O–H groups in total. The molecule has 0 aromatic heterocycles. The predicted molar refractivity (Wildman–Crippen MR) is 227 cm³/mol. The third-order valence-electron chi connectivity index (χ3n) is 10.8. The molecular formula is C47H91NO4. The van der Waals surface area contributed by atoms with E-state index in [1.54, 1.807) is 0 Å². The fourth-order valence-corrected chi connectivity index (χ4v) is 7.16. The van der Waals surface area contributed by atoms with Crippen LogP contribution in [0.1, 0.15) is 245 Å². The second-order valence-corrected chi connectivity index (χ2v) is 16.0. The molecule has 5 nitrogen and oxygen atoms in total. The minimum Gasteiger partial charge on any atom is -0.394 e. The predicted octanol–water partition coefficient (Wildman–Crippen LogP) is 13.4. The van der Waals surface area contributed by atoms with Crippen molar-refractivity contribution in [2.24, 2.45) is 0 Å². The minimum atomic E-state index is -1.16. The molecule has 0 saturated carbocycles. The average molecular weight is 734 g/mol. The number of hydrogen-bond donors (Lipinski definition) is 4. The summed E-state index contributed by atoms with van der Waals surface area (Å²) in [5, 5.41) is 33.4. The molecular weight excluding hydrogens is 643 g/mol. The van der Waals surface area contributed by atoms with Gasteiger partial charge in [0.05, 0.1) is 18.8 Å². The molecule has 0 spiro atoms. The van der Waals surface area contributed by atoms with Crippen LogP contribution in [0.5, 0.6) is 0 Å². The Balaban J connectivity index is 3.57. The van der Waals surface area contributed by atoms with Crippen LogP contribution in [0.15, 0.2) is 24.3 Å². The van der Waals surface area contributed by atoms with E-state index in [9.17, 15) is 20.1 Å². The lowest BCUT2D eigenvalue weighted by Crippen LogP contribution is -2.50. The van der Waals surface area contributed by atoms with E-state index in [1.165, 1.54) is 180 Å². The molecule has 0 heterocycles. The fourth-order valence-electron chi connectivity index (χ4n) is 7.16. The van der Waals surface area contributed by atoms with Crippen molar-refractivity contribution in [3.63, 3.8) is 0 Å². The SMILES string of the molecule is CCCCCCCCC/C=C/CCCC(O)C(O)C(CO)NC(=O)CCCCCCCCCCCC/C=C\CCCCCCCCCCCCCC. The highest BCUT2D eigenvalue weighted by molar-refractivity contribution is 5.76. The highest BCUT2D eigenvalue weighted by Gasteiger charge is 2.26. The van der Waals surface area contributed by atoms with Gasteiger partial charge in [-0.15, -0.1) is 0 Å². The van der Waals surface area contributed by atoms with Gasteiger partial charge in [0.2, 0.25) is 5.91 Å². The molecule has 3 unspecified atom stereocenters. The Morgan fingerprint density at radius 2 is 0.769 bits per heavy atom. The number of hydrogen-bond acceptors (Lipinski definition) is 4. The van der Waals surface area contributed by atoms with Gasteiger partial charge in [0.1, 0.15) is 6.10 Å². The van der Waals surface area contributed by atoms with E-state index >= 15 is 0 Å². The maximum atomic E-state index is 12.4. The molecule has 0 bridgehead atoms. The molecule has 52 heavy (non-hydrogen) atoms. The first kappa shape index (κ1) is 50.8. The Hall–Kier alpha value is -1.17. The number of carbonyl (C=O) groups excluding carboxylic acids is 1. The molecule has 308 valence electrons. The van der Waals surface area contributed by atoms with Crippen LogP contribution in [0.4, 0.5) is 0 Å². The third kappa shape index (κ3) is 37.2. The Kier molecular flexibility index (Phi) is 41.6. The lowest BCUT2D eigenvalue weighted by Gasteiger charge is -2.26. The summed E-state index contributed by atoms with van der Waals surface area (Å²) >= 11 is 0. The number of allylic oxidation sites excluding steroid dienone is 4. The van der Waals surface area contributed by atoms with Gasteiger partial charge < -0.3 is 20.6 Å². The number of carbonyl (C=O) groups is 1. The van der Waals surface area contributed by atoms with Crippen molar-refractivity contribution in [3.8, 4) is 0 Å². The zero-order valence-corrected chi connectivity index (χ0v) is 35.0. The van der Waals surface area contributed by atoms with Gasteiger partial charge in [-0.05, 0) is 64.2 Å². The summed E-state index contributed by atoms with van der Waals surface area (Å²) in [5.41, 5.74) is 0. The Bertz CT molecular complexity index is 768. The number of nitrogens with one attached hydrogen (secondary N) is 1. The molecule has 0 rings (SSSR count). The molecule has 1 amide bonds. The van der Waals surface area contributed by atoms with Crippen LogP contribution in [0, 0.1) is 0 Å². The van der Waals surface area contributed by atoms with Crippen molar-refractivity contribution in [2.45, 2.75) is 263 Å². The largest absolute Gasteiger partial charge is 0.394 e. The van der Waals surface area contributed by atoms with Gasteiger partial charge in [-0.1, -0.05) is 199 Å². The van der Waals surface area contributed by atoms with Gasteiger partial charge in [-0.3, -0.25) is 4.79 Å². The molecule has 0 aliphatic rings. The molecule has 0 saturated heterocycles. The van der Waals surface area contributed by atoms with Gasteiger partial charge in [-0.25, -0.2) is 0 Å². The Morgan fingerprint density at radius 1 is 0.462 bits per heavy atom. The highest BCUT2D eigenvalue weighted by atomic mass is 16.3. The fraction of sp³-hybridized carbons (Fsp3) is 0.894. The van der Waals surface area contributed by atoms with E-state index in [-0.39, 0.29) is 12.5 Å². The lowest BCUT2D eigenvalue weighted by atomic mass is 10.0. The maximum absolute atomic E-state index is 12.4. The summed E-state index contributed by atoms with van der Waals surface area (Å²) in [4.78, 5) is 12.4. The van der Waals surface area contributed by atoms with Crippen LogP contribution in [0.2, 0.25) is 0 Å². The van der Waals surface area contributed by atoms with Crippen molar-refractivity contribution in [3.05, 3.63) is 24.3 Å². The monoisotopic (exact) mass is 734 g/mol. The summed E-state index contributed by atoms with van der Waals surface area (Å²) < 4.78 is 0. The van der Waals surface area contributed by atoms with Crippen LogP contribution >= 0.6 is 0 Å². The molecule has 5 heteroatoms. The van der Waals surface area contributed by atoms with Gasteiger partial charge in [0.15, 0.2) is 0 Å². The second kappa shape index (κ2) is 42.6. The standard InChI is InChI=1S/C47H91NO4/c1-3-5-7-9-11-13-15-17-18-19-20-21-22-23-24-25-26-27-28-29-30-32-34-36-38-40-42-46(51)48-44(43-49)47(52)45(50)41-39-37-35-33-31-16-14-12-10-8-6-4-2/h23-24,33,35,44-45,47,49-50,52H,3-22,25-32,34,36-43H2,1-2H3,(H,48,51)/b24-23-,35-33+. The second-order valence-electron chi connectivity index (χ2n) is 16.0. The summed E-state index contributed by atoms with van der Waals surface area (Å²) in [7, 11) is 0. The van der Waals surface area contributed by atoms with Gasteiger partial charge in [0, 0.05) is 6.42 Å². The molecule has 0 radical (unpaired) electrons. The summed E-state index contributed by atoms with van der Waals surface area (Å²) in [6, 6.07) is -0.824. The molecule has 0 aliphatic heterocycles. The van der Waals surface area contributed by atoms with Crippen molar-refractivity contribution in [1.82, 2.24) is 5.32 Å². The molecule has 0 aliphatic carbocycles. The Morgan fingerprint density at radius 3 is 1.12 bits per heavy atom. The van der Waals surface area contributed by atoms with Crippen LogP contribution in [0.3, 0.4) is 0 Å². The number of unbranched alkanes of at least 4 members (excludes halogenated alkanes) is 30. The summed E-state index contributed by atoms with van der Waals surface area (Å²) in [6.45, 7) is 4.16. The first-order valence-corrected chi connectivity index (χ1v) is 23.1. The van der Waals surface area contributed by atoms with E-state index < -0.39 is 18.2 Å². The van der Waals surface area contributed by atoms with Crippen LogP contribution in [-0.4, -0.2) is 46.1 Å². The lowest BCUT2D eigenvalue weighted by molar-refractivity contribution is -0.124. The summed E-state index contributed by atoms with van der Waals surface area (Å²) in [6.07, 6.45) is 51.6. The average Bonchev–Trinajstić information content (AvgIpc) is 3.15.